The highest BCUT2D eigenvalue weighted by Gasteiger charge is 2.17. The smallest absolute Gasteiger partial charge is 0.423 e. The Bertz CT molecular complexity index is 398. The molecule has 1 rings (SSSR count). The van der Waals surface area contributed by atoms with Crippen LogP contribution in [0.25, 0.3) is 0 Å². The maximum absolute atomic E-state index is 13.4. The van der Waals surface area contributed by atoms with Crippen LogP contribution in [0.2, 0.25) is 0 Å². The van der Waals surface area contributed by atoms with Crippen LogP contribution in [0.5, 0.6) is 0 Å². The zero-order valence-corrected chi connectivity index (χ0v) is 9.61. The topological polar surface area (TPSA) is 69.6 Å². The molecule has 4 nitrogen and oxygen atoms in total. The largest absolute Gasteiger partial charge is 0.488 e. The van der Waals surface area contributed by atoms with Crippen molar-refractivity contribution in [3.63, 3.8) is 0 Å². The van der Waals surface area contributed by atoms with Gasteiger partial charge in [-0.2, -0.15) is 0 Å². The molecule has 0 fully saturated rings. The maximum atomic E-state index is 13.4. The predicted octanol–water partition coefficient (Wildman–Crippen LogP) is 0.0354. The average molecular weight is 239 g/mol. The molecule has 0 aliphatic rings. The molecular formula is C11H15BFNO3. The Morgan fingerprint density at radius 3 is 2.76 bits per heavy atom. The summed E-state index contributed by atoms with van der Waals surface area (Å²) in [5.41, 5.74) is -0.0845. The Kier molecular flexibility index (Phi) is 5.12. The summed E-state index contributed by atoms with van der Waals surface area (Å²) >= 11 is 0. The van der Waals surface area contributed by atoms with Gasteiger partial charge in [-0.25, -0.2) is 4.39 Å². The van der Waals surface area contributed by atoms with Gasteiger partial charge in [0.05, 0.1) is 5.56 Å². The zero-order valence-electron chi connectivity index (χ0n) is 9.61. The standard InChI is InChI=1S/C11H15BFNO3/c1-2-3-6-14-11(15)9-7-8(12(16)17)4-5-10(9)13/h4-5,7,16-17H,2-3,6H2,1H3,(H,14,15). The predicted molar refractivity (Wildman–Crippen MR) is 63.5 cm³/mol. The van der Waals surface area contributed by atoms with Crippen LogP contribution in [-0.2, 0) is 0 Å². The molecule has 1 aromatic rings. The third-order valence-corrected chi connectivity index (χ3v) is 2.35. The van der Waals surface area contributed by atoms with Crippen molar-refractivity contribution in [3.8, 4) is 0 Å². The molecule has 0 bridgehead atoms. The Morgan fingerprint density at radius 1 is 1.47 bits per heavy atom. The van der Waals surface area contributed by atoms with E-state index in [2.05, 4.69) is 5.32 Å². The molecule has 0 unspecified atom stereocenters. The normalized spacial score (nSPS) is 10.1. The van der Waals surface area contributed by atoms with E-state index in [1.165, 1.54) is 6.07 Å². The van der Waals surface area contributed by atoms with Crippen LogP contribution in [0.15, 0.2) is 18.2 Å². The molecular weight excluding hydrogens is 224 g/mol. The van der Waals surface area contributed by atoms with Crippen LogP contribution in [0.1, 0.15) is 30.1 Å². The Balaban J connectivity index is 2.81. The third kappa shape index (κ3) is 3.83. The Labute approximate surface area is 99.6 Å². The molecule has 6 heteroatoms. The molecule has 1 amide bonds. The van der Waals surface area contributed by atoms with E-state index < -0.39 is 18.8 Å². The molecule has 3 N–H and O–H groups in total. The fraction of sp³-hybridized carbons (Fsp3) is 0.364. The van der Waals surface area contributed by atoms with Crippen molar-refractivity contribution >= 4 is 18.5 Å². The Hall–Kier alpha value is -1.40. The molecule has 0 aliphatic heterocycles. The monoisotopic (exact) mass is 239 g/mol. The van der Waals surface area contributed by atoms with Gasteiger partial charge in [0.15, 0.2) is 0 Å². The second kappa shape index (κ2) is 6.37. The van der Waals surface area contributed by atoms with Gasteiger partial charge >= 0.3 is 7.12 Å². The molecule has 0 atom stereocenters. The summed E-state index contributed by atoms with van der Waals surface area (Å²) in [4.78, 5) is 11.6. The van der Waals surface area contributed by atoms with Crippen LogP contribution in [0.3, 0.4) is 0 Å². The summed E-state index contributed by atoms with van der Waals surface area (Å²) in [5, 5.41) is 20.4. The van der Waals surface area contributed by atoms with E-state index in [0.29, 0.717) is 6.54 Å². The number of hydrogen-bond donors (Lipinski definition) is 3. The number of nitrogens with one attached hydrogen (secondary N) is 1. The number of hydrogen-bond acceptors (Lipinski definition) is 3. The summed E-state index contributed by atoms with van der Waals surface area (Å²) in [6, 6.07) is 3.41. The number of carbonyl (C=O) groups is 1. The van der Waals surface area contributed by atoms with Crippen molar-refractivity contribution in [2.75, 3.05) is 6.54 Å². The first-order valence-electron chi connectivity index (χ1n) is 5.50. The van der Waals surface area contributed by atoms with Crippen molar-refractivity contribution in [2.24, 2.45) is 0 Å². The minimum atomic E-state index is -1.71. The summed E-state index contributed by atoms with van der Waals surface area (Å²) < 4.78 is 13.4. The molecule has 17 heavy (non-hydrogen) atoms. The molecule has 0 saturated carbocycles. The maximum Gasteiger partial charge on any atom is 0.488 e. The average Bonchev–Trinajstić information content (AvgIpc) is 2.29. The number of amides is 1. The minimum Gasteiger partial charge on any atom is -0.423 e. The van der Waals surface area contributed by atoms with Crippen molar-refractivity contribution in [1.82, 2.24) is 5.32 Å². The fourth-order valence-electron chi connectivity index (χ4n) is 1.35. The van der Waals surface area contributed by atoms with E-state index in [4.69, 9.17) is 10.0 Å². The van der Waals surface area contributed by atoms with Crippen molar-refractivity contribution in [3.05, 3.63) is 29.6 Å². The van der Waals surface area contributed by atoms with E-state index in [-0.39, 0.29) is 11.0 Å². The third-order valence-electron chi connectivity index (χ3n) is 2.35. The molecule has 0 heterocycles. The second-order valence-corrected chi connectivity index (χ2v) is 3.72. The number of rotatable bonds is 5. The van der Waals surface area contributed by atoms with Gasteiger partial charge in [0.2, 0.25) is 0 Å². The molecule has 92 valence electrons. The van der Waals surface area contributed by atoms with Crippen LogP contribution in [0, 0.1) is 5.82 Å². The second-order valence-electron chi connectivity index (χ2n) is 3.72. The van der Waals surface area contributed by atoms with E-state index in [1.54, 1.807) is 0 Å². The lowest BCUT2D eigenvalue weighted by Gasteiger charge is -2.07. The molecule has 0 aliphatic carbocycles. The number of halogens is 1. The van der Waals surface area contributed by atoms with Gasteiger partial charge in [-0.3, -0.25) is 4.79 Å². The lowest BCUT2D eigenvalue weighted by atomic mass is 9.79. The minimum absolute atomic E-state index is 0.0899. The molecule has 0 radical (unpaired) electrons. The molecule has 0 saturated heterocycles. The summed E-state index contributed by atoms with van der Waals surface area (Å²) in [7, 11) is -1.71. The van der Waals surface area contributed by atoms with Gasteiger partial charge in [0.1, 0.15) is 5.82 Å². The van der Waals surface area contributed by atoms with Crippen LogP contribution in [-0.4, -0.2) is 29.6 Å². The highest BCUT2D eigenvalue weighted by Crippen LogP contribution is 2.05. The summed E-state index contributed by atoms with van der Waals surface area (Å²) in [5.74, 6) is -1.22. The molecule has 1 aromatic carbocycles. The van der Waals surface area contributed by atoms with Crippen molar-refractivity contribution in [1.29, 1.82) is 0 Å². The summed E-state index contributed by atoms with van der Waals surface area (Å²) in [6.45, 7) is 2.45. The van der Waals surface area contributed by atoms with Gasteiger partial charge < -0.3 is 15.4 Å². The lowest BCUT2D eigenvalue weighted by Crippen LogP contribution is -2.32. The highest BCUT2D eigenvalue weighted by atomic mass is 19.1. The Morgan fingerprint density at radius 2 is 2.18 bits per heavy atom. The molecule has 0 spiro atoms. The van der Waals surface area contributed by atoms with Crippen LogP contribution in [0.4, 0.5) is 4.39 Å². The van der Waals surface area contributed by atoms with Gasteiger partial charge in [0, 0.05) is 6.54 Å². The summed E-state index contributed by atoms with van der Waals surface area (Å²) in [6.07, 6.45) is 1.74. The fourth-order valence-corrected chi connectivity index (χ4v) is 1.35. The SMILES string of the molecule is CCCCNC(=O)c1cc(B(O)O)ccc1F. The van der Waals surface area contributed by atoms with Crippen molar-refractivity contribution < 1.29 is 19.2 Å². The quantitative estimate of drug-likeness (QED) is 0.501. The van der Waals surface area contributed by atoms with Crippen LogP contribution >= 0.6 is 0 Å². The zero-order chi connectivity index (χ0) is 12.8. The first-order valence-corrected chi connectivity index (χ1v) is 5.50. The number of unbranched alkanes of at least 4 members (excludes halogenated alkanes) is 1. The highest BCUT2D eigenvalue weighted by molar-refractivity contribution is 6.58. The van der Waals surface area contributed by atoms with E-state index in [9.17, 15) is 9.18 Å². The first-order chi connectivity index (χ1) is 8.06. The van der Waals surface area contributed by atoms with E-state index in [0.717, 1.165) is 25.0 Å². The van der Waals surface area contributed by atoms with Crippen molar-refractivity contribution in [2.45, 2.75) is 19.8 Å². The lowest BCUT2D eigenvalue weighted by molar-refractivity contribution is 0.0949. The van der Waals surface area contributed by atoms with E-state index >= 15 is 0 Å². The van der Waals surface area contributed by atoms with Crippen LogP contribution < -0.4 is 10.8 Å². The first kappa shape index (κ1) is 13.7. The molecule has 0 aromatic heterocycles. The van der Waals surface area contributed by atoms with Gasteiger partial charge in [0.25, 0.3) is 5.91 Å². The van der Waals surface area contributed by atoms with Gasteiger partial charge in [-0.15, -0.1) is 0 Å². The van der Waals surface area contributed by atoms with Gasteiger partial charge in [-0.05, 0) is 24.0 Å². The van der Waals surface area contributed by atoms with Gasteiger partial charge in [-0.1, -0.05) is 19.4 Å². The van der Waals surface area contributed by atoms with E-state index in [1.807, 2.05) is 6.92 Å². The number of carbonyl (C=O) groups excluding carboxylic acids is 1. The number of benzene rings is 1.